The number of aldehydes is 2. The van der Waals surface area contributed by atoms with Crippen LogP contribution in [0.2, 0.25) is 0 Å². The van der Waals surface area contributed by atoms with Crippen LogP contribution in [0.5, 0.6) is 0 Å². The molecule has 0 saturated carbocycles. The molecule has 6 N–H and O–H groups in total. The van der Waals surface area contributed by atoms with Crippen molar-refractivity contribution in [2.45, 2.75) is 90.1 Å². The molecule has 8 heteroatoms. The molecule has 0 saturated heterocycles. The maximum atomic E-state index is 12.2. The summed E-state index contributed by atoms with van der Waals surface area (Å²) in [5.41, 5.74) is 10.9. The van der Waals surface area contributed by atoms with Crippen LogP contribution in [0.3, 0.4) is 0 Å². The maximum absolute atomic E-state index is 12.2. The molecule has 0 aromatic rings. The highest BCUT2D eigenvalue weighted by molar-refractivity contribution is 5.82. The molecular formula is C22H42N4O4. The molecule has 2 unspecified atom stereocenters. The molecule has 0 heterocycles. The van der Waals surface area contributed by atoms with Gasteiger partial charge in [0.2, 0.25) is 11.8 Å². The van der Waals surface area contributed by atoms with E-state index in [9.17, 15) is 19.2 Å². The number of carbonyl (C=O) groups is 4. The average molecular weight is 427 g/mol. The fraction of sp³-hybridized carbons (Fsp3) is 0.818. The molecule has 0 aliphatic rings. The second kappa shape index (κ2) is 18.0. The lowest BCUT2D eigenvalue weighted by atomic mass is 9.97. The molecule has 0 aromatic carbocycles. The number of amides is 2. The van der Waals surface area contributed by atoms with Gasteiger partial charge in [0.25, 0.3) is 0 Å². The van der Waals surface area contributed by atoms with Gasteiger partial charge in [0, 0.05) is 11.8 Å². The van der Waals surface area contributed by atoms with Crippen LogP contribution >= 0.6 is 0 Å². The van der Waals surface area contributed by atoms with Gasteiger partial charge >= 0.3 is 0 Å². The van der Waals surface area contributed by atoms with Crippen LogP contribution in [0.15, 0.2) is 0 Å². The molecule has 174 valence electrons. The Morgan fingerprint density at radius 2 is 1.00 bits per heavy atom. The molecule has 0 aromatic heterocycles. The molecule has 0 fully saturated rings. The zero-order chi connectivity index (χ0) is 22.8. The van der Waals surface area contributed by atoms with Gasteiger partial charge in [-0.1, -0.05) is 26.7 Å². The molecule has 2 amide bonds. The van der Waals surface area contributed by atoms with Crippen LogP contribution < -0.4 is 22.1 Å². The molecule has 0 bridgehead atoms. The maximum Gasteiger partial charge on any atom is 0.223 e. The molecule has 8 nitrogen and oxygen atoms in total. The summed E-state index contributed by atoms with van der Waals surface area (Å²) in [4.78, 5) is 46.7. The van der Waals surface area contributed by atoms with Crippen LogP contribution in [0.1, 0.15) is 78.1 Å². The zero-order valence-corrected chi connectivity index (χ0v) is 18.7. The predicted molar refractivity (Wildman–Crippen MR) is 119 cm³/mol. The number of carbonyl (C=O) groups excluding carboxylic acids is 4. The zero-order valence-electron chi connectivity index (χ0n) is 18.7. The van der Waals surface area contributed by atoms with E-state index >= 15 is 0 Å². The summed E-state index contributed by atoms with van der Waals surface area (Å²) in [5.74, 6) is -0.602. The summed E-state index contributed by atoms with van der Waals surface area (Å²) in [7, 11) is 0. The van der Waals surface area contributed by atoms with Crippen molar-refractivity contribution in [3.63, 3.8) is 0 Å². The Kier molecular flexibility index (Phi) is 16.9. The van der Waals surface area contributed by atoms with Gasteiger partial charge in [0.1, 0.15) is 12.6 Å². The minimum absolute atomic E-state index is 0.114. The van der Waals surface area contributed by atoms with Crippen molar-refractivity contribution in [2.24, 2.45) is 23.3 Å². The van der Waals surface area contributed by atoms with E-state index in [2.05, 4.69) is 10.6 Å². The lowest BCUT2D eigenvalue weighted by molar-refractivity contribution is -0.128. The van der Waals surface area contributed by atoms with Crippen LogP contribution in [0, 0.1) is 11.8 Å². The minimum atomic E-state index is -0.453. The van der Waals surface area contributed by atoms with E-state index in [0.29, 0.717) is 38.8 Å². The Morgan fingerprint density at radius 3 is 1.30 bits per heavy atom. The quantitative estimate of drug-likeness (QED) is 0.182. The molecule has 0 aliphatic heterocycles. The highest BCUT2D eigenvalue weighted by atomic mass is 16.2. The van der Waals surface area contributed by atoms with Crippen molar-refractivity contribution in [3.8, 4) is 0 Å². The lowest BCUT2D eigenvalue weighted by Crippen LogP contribution is -2.39. The Hall–Kier alpha value is -1.80. The van der Waals surface area contributed by atoms with Crippen LogP contribution in [-0.2, 0) is 19.2 Å². The smallest absolute Gasteiger partial charge is 0.223 e. The Labute approximate surface area is 181 Å². The van der Waals surface area contributed by atoms with Crippen molar-refractivity contribution < 1.29 is 19.2 Å². The third-order valence-corrected chi connectivity index (χ3v) is 5.34. The summed E-state index contributed by atoms with van der Waals surface area (Å²) in [6, 6.07) is -0.906. The molecule has 30 heavy (non-hydrogen) atoms. The van der Waals surface area contributed by atoms with E-state index in [1.807, 2.05) is 13.8 Å². The van der Waals surface area contributed by atoms with Crippen molar-refractivity contribution >= 4 is 24.4 Å². The standard InChI is InChI=1S/C22H42N4O4/c1-17(21(29)25-19(15-27)11-5-7-13-23)9-3-4-10-18(2)22(30)26-20(16-28)12-6-8-14-24/h15-20H,3-14,23-24H2,1-2H3,(H,25,29)(H,26,30)/t17?,18?,19-,20-/m1/s1. The van der Waals surface area contributed by atoms with E-state index in [0.717, 1.165) is 51.1 Å². The molecular weight excluding hydrogens is 384 g/mol. The number of rotatable bonds is 19. The largest absolute Gasteiger partial charge is 0.346 e. The first-order valence-electron chi connectivity index (χ1n) is 11.3. The first-order chi connectivity index (χ1) is 14.4. The van der Waals surface area contributed by atoms with Crippen LogP contribution in [0.25, 0.3) is 0 Å². The highest BCUT2D eigenvalue weighted by Crippen LogP contribution is 2.14. The number of nitrogens with one attached hydrogen (secondary N) is 2. The van der Waals surface area contributed by atoms with Gasteiger partial charge in [0.05, 0.1) is 12.1 Å². The van der Waals surface area contributed by atoms with Gasteiger partial charge in [-0.15, -0.1) is 0 Å². The Bertz CT molecular complexity index is 458. The van der Waals surface area contributed by atoms with Gasteiger partial charge in [-0.2, -0.15) is 0 Å². The molecule has 0 radical (unpaired) electrons. The van der Waals surface area contributed by atoms with Crippen molar-refractivity contribution in [2.75, 3.05) is 13.1 Å². The summed E-state index contributed by atoms with van der Waals surface area (Å²) in [6.07, 6.45) is 9.12. The predicted octanol–water partition coefficient (Wildman–Crippen LogP) is 1.44. The summed E-state index contributed by atoms with van der Waals surface area (Å²) >= 11 is 0. The van der Waals surface area contributed by atoms with Crippen molar-refractivity contribution in [1.82, 2.24) is 10.6 Å². The first kappa shape index (κ1) is 28.2. The van der Waals surface area contributed by atoms with E-state index in [1.165, 1.54) is 0 Å². The van der Waals surface area contributed by atoms with Crippen molar-refractivity contribution in [1.29, 1.82) is 0 Å². The molecule has 4 atom stereocenters. The molecule has 0 spiro atoms. The highest BCUT2D eigenvalue weighted by Gasteiger charge is 2.19. The SMILES string of the molecule is CC(CCCCC(C)C(=O)N[C@@H](C=O)CCCCN)C(=O)N[C@@H](C=O)CCCCN. The first-order valence-corrected chi connectivity index (χ1v) is 11.3. The number of nitrogens with two attached hydrogens (primary N) is 2. The van der Waals surface area contributed by atoms with Gasteiger partial charge in [-0.3, -0.25) is 9.59 Å². The lowest BCUT2D eigenvalue weighted by Gasteiger charge is -2.18. The second-order valence-corrected chi connectivity index (χ2v) is 8.16. The summed E-state index contributed by atoms with van der Waals surface area (Å²) in [5, 5.41) is 5.58. The van der Waals surface area contributed by atoms with E-state index in [1.54, 1.807) is 0 Å². The number of hydrogen-bond acceptors (Lipinski definition) is 6. The molecule has 0 rings (SSSR count). The van der Waals surface area contributed by atoms with E-state index < -0.39 is 12.1 Å². The average Bonchev–Trinajstić information content (AvgIpc) is 2.74. The summed E-state index contributed by atoms with van der Waals surface area (Å²) in [6.45, 7) is 4.86. The Balaban J connectivity index is 4.12. The fourth-order valence-electron chi connectivity index (χ4n) is 3.18. The minimum Gasteiger partial charge on any atom is -0.346 e. The van der Waals surface area contributed by atoms with Crippen LogP contribution in [-0.4, -0.2) is 49.6 Å². The van der Waals surface area contributed by atoms with E-state index in [4.69, 9.17) is 11.5 Å². The van der Waals surface area contributed by atoms with E-state index in [-0.39, 0.29) is 23.7 Å². The third-order valence-electron chi connectivity index (χ3n) is 5.34. The van der Waals surface area contributed by atoms with Crippen LogP contribution in [0.4, 0.5) is 0 Å². The topological polar surface area (TPSA) is 144 Å². The fourth-order valence-corrected chi connectivity index (χ4v) is 3.18. The number of hydrogen-bond donors (Lipinski definition) is 4. The van der Waals surface area contributed by atoms with Gasteiger partial charge < -0.3 is 31.7 Å². The Morgan fingerprint density at radius 1 is 0.667 bits per heavy atom. The monoisotopic (exact) mass is 426 g/mol. The summed E-state index contributed by atoms with van der Waals surface area (Å²) < 4.78 is 0. The number of unbranched alkanes of at least 4 members (excludes halogenated alkanes) is 3. The van der Waals surface area contributed by atoms with Gasteiger partial charge in [-0.05, 0) is 64.5 Å². The normalized spacial score (nSPS) is 14.9. The van der Waals surface area contributed by atoms with Gasteiger partial charge in [-0.25, -0.2) is 0 Å². The second-order valence-electron chi connectivity index (χ2n) is 8.16. The molecule has 0 aliphatic carbocycles. The van der Waals surface area contributed by atoms with Crippen molar-refractivity contribution in [3.05, 3.63) is 0 Å². The van der Waals surface area contributed by atoms with Gasteiger partial charge in [0.15, 0.2) is 0 Å². The third kappa shape index (κ3) is 13.4.